The molecule has 1 aromatic carbocycles. The lowest BCUT2D eigenvalue weighted by Crippen LogP contribution is -2.45. The van der Waals surface area contributed by atoms with Crippen molar-refractivity contribution >= 4 is 12.0 Å². The molecule has 1 aromatic rings. The van der Waals surface area contributed by atoms with Crippen LogP contribution in [0.4, 0.5) is 10.1 Å². The molecule has 0 aliphatic carbocycles. The average molecular weight is 249 g/mol. The summed E-state index contributed by atoms with van der Waals surface area (Å²) in [6, 6.07) is 5.08. The van der Waals surface area contributed by atoms with E-state index >= 15 is 0 Å². The van der Waals surface area contributed by atoms with Crippen molar-refractivity contribution in [3.8, 4) is 0 Å². The molecular weight excluding hydrogens is 233 g/mol. The molecule has 1 N–H and O–H groups in total. The van der Waals surface area contributed by atoms with Crippen LogP contribution in [-0.4, -0.2) is 29.6 Å². The van der Waals surface area contributed by atoms with Gasteiger partial charge in [0.05, 0.1) is 11.8 Å². The van der Waals surface area contributed by atoms with Gasteiger partial charge in [-0.3, -0.25) is 4.79 Å². The summed E-state index contributed by atoms with van der Waals surface area (Å²) in [6.45, 7) is 0. The minimum Gasteiger partial charge on any atom is -0.393 e. The molecule has 96 valence electrons. The van der Waals surface area contributed by atoms with Gasteiger partial charge in [-0.05, 0) is 43.9 Å². The van der Waals surface area contributed by atoms with Gasteiger partial charge in [0.2, 0.25) is 0 Å². The number of rotatable bonds is 2. The number of anilines is 1. The molecule has 0 spiro atoms. The summed E-state index contributed by atoms with van der Waals surface area (Å²) < 4.78 is 14.0. The van der Waals surface area contributed by atoms with Gasteiger partial charge in [-0.25, -0.2) is 4.39 Å². The van der Waals surface area contributed by atoms with Crippen LogP contribution in [0.5, 0.6) is 0 Å². The van der Waals surface area contributed by atoms with Crippen LogP contribution in [0.1, 0.15) is 36.0 Å². The number of hydrogen-bond donors (Lipinski definition) is 1. The third-order valence-corrected chi connectivity index (χ3v) is 4.09. The molecule has 2 aliphatic heterocycles. The monoisotopic (exact) mass is 249 g/mol. The lowest BCUT2D eigenvalue weighted by Gasteiger charge is -2.39. The fourth-order valence-electron chi connectivity index (χ4n) is 3.35. The Balaban J connectivity index is 1.94. The number of carbonyl (C=O) groups excluding carboxylic acids is 1. The third kappa shape index (κ3) is 1.81. The molecule has 2 unspecified atom stereocenters. The van der Waals surface area contributed by atoms with E-state index in [9.17, 15) is 14.3 Å². The van der Waals surface area contributed by atoms with Crippen molar-refractivity contribution in [3.05, 3.63) is 29.6 Å². The number of piperidine rings is 1. The first-order valence-electron chi connectivity index (χ1n) is 6.40. The zero-order chi connectivity index (χ0) is 12.7. The molecular formula is C14H16FNO2. The van der Waals surface area contributed by atoms with E-state index in [2.05, 4.69) is 4.90 Å². The number of benzene rings is 1. The van der Waals surface area contributed by atoms with Crippen LogP contribution in [0, 0.1) is 5.82 Å². The Morgan fingerprint density at radius 1 is 1.28 bits per heavy atom. The summed E-state index contributed by atoms with van der Waals surface area (Å²) in [5, 5.41) is 9.74. The van der Waals surface area contributed by atoms with Crippen molar-refractivity contribution < 1.29 is 14.3 Å². The van der Waals surface area contributed by atoms with Crippen LogP contribution in [0.2, 0.25) is 0 Å². The first-order chi connectivity index (χ1) is 8.69. The van der Waals surface area contributed by atoms with E-state index in [0.717, 1.165) is 12.8 Å². The van der Waals surface area contributed by atoms with Crippen LogP contribution in [-0.2, 0) is 0 Å². The second-order valence-electron chi connectivity index (χ2n) is 5.25. The van der Waals surface area contributed by atoms with Crippen molar-refractivity contribution in [2.45, 2.75) is 43.9 Å². The third-order valence-electron chi connectivity index (χ3n) is 4.09. The van der Waals surface area contributed by atoms with Gasteiger partial charge in [0, 0.05) is 17.6 Å². The molecule has 18 heavy (non-hydrogen) atoms. The molecule has 0 aromatic heterocycles. The van der Waals surface area contributed by atoms with E-state index in [1.807, 2.05) is 0 Å². The van der Waals surface area contributed by atoms with Gasteiger partial charge in [0.15, 0.2) is 0 Å². The fourth-order valence-corrected chi connectivity index (χ4v) is 3.35. The van der Waals surface area contributed by atoms with E-state index in [1.165, 1.54) is 6.07 Å². The summed E-state index contributed by atoms with van der Waals surface area (Å²) in [6.07, 6.45) is 3.85. The van der Waals surface area contributed by atoms with Gasteiger partial charge in [-0.15, -0.1) is 0 Å². The zero-order valence-corrected chi connectivity index (χ0v) is 10.1. The molecule has 2 saturated heterocycles. The number of hydrogen-bond acceptors (Lipinski definition) is 3. The molecule has 2 heterocycles. The topological polar surface area (TPSA) is 40.5 Å². The van der Waals surface area contributed by atoms with Crippen molar-refractivity contribution in [2.75, 3.05) is 4.90 Å². The summed E-state index contributed by atoms with van der Waals surface area (Å²) in [4.78, 5) is 12.7. The molecule has 3 rings (SSSR count). The summed E-state index contributed by atoms with van der Waals surface area (Å²) in [5.74, 6) is -0.340. The highest BCUT2D eigenvalue weighted by Gasteiger charge is 2.41. The van der Waals surface area contributed by atoms with E-state index in [0.29, 0.717) is 30.4 Å². The maximum Gasteiger partial charge on any atom is 0.150 e. The highest BCUT2D eigenvalue weighted by Crippen LogP contribution is 2.40. The molecule has 2 bridgehead atoms. The van der Waals surface area contributed by atoms with Gasteiger partial charge in [0.25, 0.3) is 0 Å². The minimum atomic E-state index is -0.340. The van der Waals surface area contributed by atoms with Crippen molar-refractivity contribution in [3.63, 3.8) is 0 Å². The van der Waals surface area contributed by atoms with Gasteiger partial charge >= 0.3 is 0 Å². The SMILES string of the molecule is O=Cc1ccc(N2C3CCC2CC(O)C3)c(F)c1. The summed E-state index contributed by atoms with van der Waals surface area (Å²) in [5.41, 5.74) is 0.931. The van der Waals surface area contributed by atoms with Crippen LogP contribution >= 0.6 is 0 Å². The Labute approximate surface area is 105 Å². The second-order valence-corrected chi connectivity index (χ2v) is 5.25. The first-order valence-corrected chi connectivity index (χ1v) is 6.40. The predicted molar refractivity (Wildman–Crippen MR) is 66.3 cm³/mol. The molecule has 2 fully saturated rings. The number of aliphatic hydroxyl groups is 1. The molecule has 3 nitrogen and oxygen atoms in total. The lowest BCUT2D eigenvalue weighted by atomic mass is 9.98. The highest BCUT2D eigenvalue weighted by atomic mass is 19.1. The normalized spacial score (nSPS) is 30.6. The Kier molecular flexibility index (Phi) is 2.82. The summed E-state index contributed by atoms with van der Waals surface area (Å²) >= 11 is 0. The van der Waals surface area contributed by atoms with E-state index in [1.54, 1.807) is 12.1 Å². The van der Waals surface area contributed by atoms with Gasteiger partial charge in [0.1, 0.15) is 12.1 Å². The fraction of sp³-hybridized carbons (Fsp3) is 0.500. The van der Waals surface area contributed by atoms with Crippen molar-refractivity contribution in [2.24, 2.45) is 0 Å². The molecule has 0 radical (unpaired) electrons. The number of carbonyl (C=O) groups is 1. The number of aliphatic hydroxyl groups excluding tert-OH is 1. The quantitative estimate of drug-likeness (QED) is 0.816. The minimum absolute atomic E-state index is 0.232. The molecule has 0 amide bonds. The smallest absolute Gasteiger partial charge is 0.150 e. The van der Waals surface area contributed by atoms with Crippen LogP contribution in [0.25, 0.3) is 0 Å². The van der Waals surface area contributed by atoms with E-state index in [-0.39, 0.29) is 24.0 Å². The molecule has 0 saturated carbocycles. The maximum atomic E-state index is 14.0. The Bertz CT molecular complexity index is 463. The predicted octanol–water partition coefficient (Wildman–Crippen LogP) is 2.13. The standard InChI is InChI=1S/C14H16FNO2/c15-13-5-9(8-17)1-4-14(13)16-10-2-3-11(16)7-12(18)6-10/h1,4-5,8,10-12,18H,2-3,6-7H2. The average Bonchev–Trinajstić information content (AvgIpc) is 2.61. The van der Waals surface area contributed by atoms with E-state index in [4.69, 9.17) is 0 Å². The molecule has 2 aliphatic rings. The van der Waals surface area contributed by atoms with Crippen LogP contribution < -0.4 is 4.90 Å². The van der Waals surface area contributed by atoms with Gasteiger partial charge in [-0.1, -0.05) is 0 Å². The van der Waals surface area contributed by atoms with Crippen molar-refractivity contribution in [1.29, 1.82) is 0 Å². The second kappa shape index (κ2) is 4.35. The largest absolute Gasteiger partial charge is 0.393 e. The van der Waals surface area contributed by atoms with Gasteiger partial charge in [-0.2, -0.15) is 0 Å². The Hall–Kier alpha value is -1.42. The van der Waals surface area contributed by atoms with E-state index < -0.39 is 0 Å². The first kappa shape index (κ1) is 11.7. The number of nitrogens with zero attached hydrogens (tertiary/aromatic N) is 1. The zero-order valence-electron chi connectivity index (χ0n) is 10.1. The number of halogens is 1. The van der Waals surface area contributed by atoms with Gasteiger partial charge < -0.3 is 10.0 Å². The summed E-state index contributed by atoms with van der Waals surface area (Å²) in [7, 11) is 0. The van der Waals surface area contributed by atoms with Crippen molar-refractivity contribution in [1.82, 2.24) is 0 Å². The molecule has 4 heteroatoms. The Morgan fingerprint density at radius 3 is 2.50 bits per heavy atom. The maximum absolute atomic E-state index is 14.0. The molecule has 2 atom stereocenters. The highest BCUT2D eigenvalue weighted by molar-refractivity contribution is 5.76. The van der Waals surface area contributed by atoms with Crippen LogP contribution in [0.15, 0.2) is 18.2 Å². The number of fused-ring (bicyclic) bond motifs is 2. The Morgan fingerprint density at radius 2 is 1.94 bits per heavy atom. The van der Waals surface area contributed by atoms with Crippen LogP contribution in [0.3, 0.4) is 0 Å². The lowest BCUT2D eigenvalue weighted by molar-refractivity contribution is 0.112. The number of aldehydes is 1.